The molecule has 1 heterocycles. The first-order chi connectivity index (χ1) is 9.99. The average Bonchev–Trinajstić information content (AvgIpc) is 2.46. The van der Waals surface area contributed by atoms with Crippen molar-refractivity contribution in [2.75, 3.05) is 25.5 Å². The van der Waals surface area contributed by atoms with Crippen LogP contribution in [0.1, 0.15) is 24.2 Å². The monoisotopic (exact) mass is 292 g/mol. The molecule has 1 aromatic carbocycles. The molecular formula is C15H20N2O4. The van der Waals surface area contributed by atoms with Gasteiger partial charge in [-0.1, -0.05) is 0 Å². The second-order valence-electron chi connectivity index (χ2n) is 5.16. The molecule has 21 heavy (non-hydrogen) atoms. The van der Waals surface area contributed by atoms with E-state index < -0.39 is 5.97 Å². The van der Waals surface area contributed by atoms with E-state index in [-0.39, 0.29) is 18.2 Å². The summed E-state index contributed by atoms with van der Waals surface area (Å²) in [7, 11) is 1.33. The minimum Gasteiger partial charge on any atom is -0.465 e. The fraction of sp³-hybridized carbons (Fsp3) is 0.467. The molecule has 6 nitrogen and oxygen atoms in total. The maximum atomic E-state index is 12.2. The second-order valence-corrected chi connectivity index (χ2v) is 5.16. The molecule has 6 heteroatoms. The van der Waals surface area contributed by atoms with Gasteiger partial charge >= 0.3 is 12.0 Å². The van der Waals surface area contributed by atoms with Gasteiger partial charge in [0.1, 0.15) is 0 Å². The number of hydrogen-bond donors (Lipinski definition) is 1. The molecule has 1 N–H and O–H groups in total. The van der Waals surface area contributed by atoms with Gasteiger partial charge < -0.3 is 19.7 Å². The Hall–Kier alpha value is -2.08. The van der Waals surface area contributed by atoms with Crippen LogP contribution in [0.5, 0.6) is 0 Å². The number of esters is 1. The van der Waals surface area contributed by atoms with E-state index >= 15 is 0 Å². The Labute approximate surface area is 124 Å². The Morgan fingerprint density at radius 3 is 2.29 bits per heavy atom. The lowest BCUT2D eigenvalue weighted by atomic mass is 10.2. The Balaban J connectivity index is 1.97. The molecule has 0 aliphatic carbocycles. The maximum absolute atomic E-state index is 12.2. The van der Waals surface area contributed by atoms with Crippen LogP contribution >= 0.6 is 0 Å². The summed E-state index contributed by atoms with van der Waals surface area (Å²) in [5.74, 6) is -0.399. The molecule has 0 spiro atoms. The summed E-state index contributed by atoms with van der Waals surface area (Å²) >= 11 is 0. The van der Waals surface area contributed by atoms with Crippen molar-refractivity contribution in [3.8, 4) is 0 Å². The first-order valence-electron chi connectivity index (χ1n) is 6.89. The number of amides is 2. The summed E-state index contributed by atoms with van der Waals surface area (Å²) in [5.41, 5.74) is 1.09. The van der Waals surface area contributed by atoms with E-state index in [4.69, 9.17) is 4.74 Å². The summed E-state index contributed by atoms with van der Waals surface area (Å²) in [6.07, 6.45) is 0.0578. The van der Waals surface area contributed by atoms with Gasteiger partial charge in [0.05, 0.1) is 24.9 Å². The van der Waals surface area contributed by atoms with Crippen LogP contribution in [0.25, 0.3) is 0 Å². The number of carbonyl (C=O) groups excluding carboxylic acids is 2. The fourth-order valence-corrected chi connectivity index (χ4v) is 2.35. The van der Waals surface area contributed by atoms with Crippen molar-refractivity contribution in [1.29, 1.82) is 0 Å². The number of rotatable bonds is 2. The summed E-state index contributed by atoms with van der Waals surface area (Å²) in [6, 6.07) is 6.43. The Morgan fingerprint density at radius 2 is 1.76 bits per heavy atom. The minimum atomic E-state index is -0.399. The molecule has 2 amide bonds. The van der Waals surface area contributed by atoms with Crippen molar-refractivity contribution in [2.45, 2.75) is 26.1 Å². The third kappa shape index (κ3) is 3.95. The van der Waals surface area contributed by atoms with Gasteiger partial charge in [-0.3, -0.25) is 0 Å². The van der Waals surface area contributed by atoms with Gasteiger partial charge in [0.15, 0.2) is 0 Å². The number of urea groups is 1. The smallest absolute Gasteiger partial charge is 0.337 e. The topological polar surface area (TPSA) is 67.9 Å². The van der Waals surface area contributed by atoms with Gasteiger partial charge in [-0.05, 0) is 38.1 Å². The zero-order chi connectivity index (χ0) is 15.4. The molecule has 1 aromatic rings. The normalized spacial score (nSPS) is 21.8. The highest BCUT2D eigenvalue weighted by Gasteiger charge is 2.25. The van der Waals surface area contributed by atoms with E-state index in [1.165, 1.54) is 7.11 Å². The molecule has 114 valence electrons. The standard InChI is InChI=1S/C15H20N2O4/c1-10-8-17(9-11(2)21-10)15(19)16-13-6-4-12(5-7-13)14(18)20-3/h4-7,10-11H,8-9H2,1-3H3,(H,16,19). The summed E-state index contributed by atoms with van der Waals surface area (Å²) in [6.45, 7) is 5.02. The molecule has 2 rings (SSSR count). The molecule has 2 atom stereocenters. The largest absolute Gasteiger partial charge is 0.465 e. The number of carbonyl (C=O) groups is 2. The van der Waals surface area contributed by atoms with E-state index in [9.17, 15) is 9.59 Å². The predicted molar refractivity (Wildman–Crippen MR) is 78.4 cm³/mol. The molecule has 0 radical (unpaired) electrons. The van der Waals surface area contributed by atoms with Crippen LogP contribution in [-0.2, 0) is 9.47 Å². The van der Waals surface area contributed by atoms with Crippen molar-refractivity contribution in [2.24, 2.45) is 0 Å². The van der Waals surface area contributed by atoms with Gasteiger partial charge in [-0.15, -0.1) is 0 Å². The summed E-state index contributed by atoms with van der Waals surface area (Å²) in [4.78, 5) is 25.3. The predicted octanol–water partition coefficient (Wildman–Crippen LogP) is 2.11. The van der Waals surface area contributed by atoms with Crippen LogP contribution < -0.4 is 5.32 Å². The van der Waals surface area contributed by atoms with Crippen LogP contribution in [0.3, 0.4) is 0 Å². The first kappa shape index (κ1) is 15.3. The molecule has 0 saturated carbocycles. The fourth-order valence-electron chi connectivity index (χ4n) is 2.35. The third-order valence-electron chi connectivity index (χ3n) is 3.26. The van der Waals surface area contributed by atoms with Gasteiger partial charge in [0.25, 0.3) is 0 Å². The number of nitrogens with zero attached hydrogens (tertiary/aromatic N) is 1. The lowest BCUT2D eigenvalue weighted by molar-refractivity contribution is -0.0530. The van der Waals surface area contributed by atoms with E-state index in [0.29, 0.717) is 24.3 Å². The number of hydrogen-bond acceptors (Lipinski definition) is 4. The van der Waals surface area contributed by atoms with Crippen LogP contribution in [0.15, 0.2) is 24.3 Å². The molecule has 1 saturated heterocycles. The van der Waals surface area contributed by atoms with Crippen molar-refractivity contribution < 1.29 is 19.1 Å². The highest BCUT2D eigenvalue weighted by molar-refractivity contribution is 5.92. The quantitative estimate of drug-likeness (QED) is 0.848. The zero-order valence-corrected chi connectivity index (χ0v) is 12.5. The molecule has 2 unspecified atom stereocenters. The third-order valence-corrected chi connectivity index (χ3v) is 3.26. The van der Waals surface area contributed by atoms with Gasteiger partial charge in [-0.25, -0.2) is 9.59 Å². The van der Waals surface area contributed by atoms with E-state index in [0.717, 1.165) is 0 Å². The van der Waals surface area contributed by atoms with Crippen molar-refractivity contribution in [3.05, 3.63) is 29.8 Å². The average molecular weight is 292 g/mol. The van der Waals surface area contributed by atoms with Crippen molar-refractivity contribution in [3.63, 3.8) is 0 Å². The van der Waals surface area contributed by atoms with Crippen LogP contribution in [-0.4, -0.2) is 49.3 Å². The van der Waals surface area contributed by atoms with Gasteiger partial charge in [-0.2, -0.15) is 0 Å². The number of nitrogens with one attached hydrogen (secondary N) is 1. The molecule has 1 fully saturated rings. The highest BCUT2D eigenvalue weighted by atomic mass is 16.5. The highest BCUT2D eigenvalue weighted by Crippen LogP contribution is 2.14. The number of benzene rings is 1. The van der Waals surface area contributed by atoms with E-state index in [1.807, 2.05) is 13.8 Å². The second kappa shape index (κ2) is 6.58. The SMILES string of the molecule is COC(=O)c1ccc(NC(=O)N2CC(C)OC(C)C2)cc1. The Kier molecular flexibility index (Phi) is 4.80. The number of morpholine rings is 1. The Morgan fingerprint density at radius 1 is 1.19 bits per heavy atom. The van der Waals surface area contributed by atoms with Crippen LogP contribution in [0.4, 0.5) is 10.5 Å². The molecule has 1 aliphatic heterocycles. The van der Waals surface area contributed by atoms with Crippen molar-refractivity contribution in [1.82, 2.24) is 4.90 Å². The molecular weight excluding hydrogens is 272 g/mol. The van der Waals surface area contributed by atoms with Gasteiger partial charge in [0, 0.05) is 18.8 Å². The van der Waals surface area contributed by atoms with E-state index in [2.05, 4.69) is 10.1 Å². The van der Waals surface area contributed by atoms with E-state index in [1.54, 1.807) is 29.2 Å². The number of ether oxygens (including phenoxy) is 2. The molecule has 1 aliphatic rings. The first-order valence-corrected chi connectivity index (χ1v) is 6.89. The van der Waals surface area contributed by atoms with Gasteiger partial charge in [0.2, 0.25) is 0 Å². The number of methoxy groups -OCH3 is 1. The lowest BCUT2D eigenvalue weighted by Gasteiger charge is -2.35. The lowest BCUT2D eigenvalue weighted by Crippen LogP contribution is -2.49. The van der Waals surface area contributed by atoms with Crippen LogP contribution in [0, 0.1) is 0 Å². The minimum absolute atomic E-state index is 0.0289. The van der Waals surface area contributed by atoms with Crippen LogP contribution in [0.2, 0.25) is 0 Å². The molecule has 0 bridgehead atoms. The summed E-state index contributed by atoms with van der Waals surface area (Å²) in [5, 5.41) is 2.82. The summed E-state index contributed by atoms with van der Waals surface area (Å²) < 4.78 is 10.2. The maximum Gasteiger partial charge on any atom is 0.337 e. The Bertz CT molecular complexity index is 505. The zero-order valence-electron chi connectivity index (χ0n) is 12.5. The molecule has 0 aromatic heterocycles. The number of anilines is 1. The van der Waals surface area contributed by atoms with Crippen molar-refractivity contribution >= 4 is 17.7 Å².